The maximum Gasteiger partial charge on any atom is 0.257 e. The minimum Gasteiger partial charge on any atom is -0.457 e. The third kappa shape index (κ3) is 4.33. The minimum absolute atomic E-state index is 0.0531. The maximum absolute atomic E-state index is 12.6. The van der Waals surface area contributed by atoms with Crippen LogP contribution in [0.2, 0.25) is 0 Å². The topological polar surface area (TPSA) is 38.8 Å². The fourth-order valence-corrected chi connectivity index (χ4v) is 2.10. The summed E-state index contributed by atoms with van der Waals surface area (Å²) < 4.78 is 10.9. The summed E-state index contributed by atoms with van der Waals surface area (Å²) in [6.07, 6.45) is 0.806. The third-order valence-electron chi connectivity index (χ3n) is 3.28. The number of ether oxygens (including phenoxy) is 2. The van der Waals surface area contributed by atoms with Crippen molar-refractivity contribution in [3.63, 3.8) is 0 Å². The number of hydrogen-bond donors (Lipinski definition) is 0. The van der Waals surface area contributed by atoms with Crippen LogP contribution in [0.3, 0.4) is 0 Å². The number of rotatable bonds is 7. The smallest absolute Gasteiger partial charge is 0.257 e. The normalized spacial score (nSPS) is 10.3. The van der Waals surface area contributed by atoms with E-state index in [9.17, 15) is 4.79 Å². The van der Waals surface area contributed by atoms with Crippen LogP contribution in [0.5, 0.6) is 11.5 Å². The van der Waals surface area contributed by atoms with E-state index in [1.165, 1.54) is 0 Å². The van der Waals surface area contributed by atoms with Crippen LogP contribution in [-0.4, -0.2) is 38.1 Å². The molecule has 0 bridgehead atoms. The first-order valence-corrected chi connectivity index (χ1v) is 7.28. The van der Waals surface area contributed by atoms with Gasteiger partial charge in [0, 0.05) is 27.3 Å². The van der Waals surface area contributed by atoms with Crippen molar-refractivity contribution >= 4 is 5.91 Å². The number of benzene rings is 2. The molecule has 0 radical (unpaired) electrons. The molecule has 0 N–H and O–H groups in total. The lowest BCUT2D eigenvalue weighted by Crippen LogP contribution is -2.28. The van der Waals surface area contributed by atoms with Crippen molar-refractivity contribution in [2.24, 2.45) is 0 Å². The second-order valence-corrected chi connectivity index (χ2v) is 4.98. The van der Waals surface area contributed by atoms with Crippen LogP contribution in [0, 0.1) is 0 Å². The van der Waals surface area contributed by atoms with Crippen LogP contribution in [0.1, 0.15) is 16.8 Å². The Hall–Kier alpha value is -2.33. The summed E-state index contributed by atoms with van der Waals surface area (Å²) in [5.74, 6) is 1.23. The first kappa shape index (κ1) is 16.0. The van der Waals surface area contributed by atoms with Gasteiger partial charge < -0.3 is 14.4 Å². The van der Waals surface area contributed by atoms with Gasteiger partial charge in [0.1, 0.15) is 11.5 Å². The Labute approximate surface area is 131 Å². The van der Waals surface area contributed by atoms with Gasteiger partial charge in [-0.25, -0.2) is 0 Å². The lowest BCUT2D eigenvalue weighted by molar-refractivity contribution is 0.0777. The molecule has 116 valence electrons. The van der Waals surface area contributed by atoms with Crippen molar-refractivity contribution in [3.8, 4) is 11.5 Å². The van der Waals surface area contributed by atoms with Crippen LogP contribution < -0.4 is 4.74 Å². The van der Waals surface area contributed by atoms with Gasteiger partial charge in [0.2, 0.25) is 0 Å². The lowest BCUT2D eigenvalue weighted by atomic mass is 10.1. The summed E-state index contributed by atoms with van der Waals surface area (Å²) >= 11 is 0. The zero-order chi connectivity index (χ0) is 15.8. The highest BCUT2D eigenvalue weighted by molar-refractivity contribution is 5.96. The summed E-state index contributed by atoms with van der Waals surface area (Å²) in [5, 5.41) is 0. The van der Waals surface area contributed by atoms with Gasteiger partial charge in [-0.2, -0.15) is 0 Å². The molecule has 0 atom stereocenters. The number of nitrogens with zero attached hydrogens (tertiary/aromatic N) is 1. The number of para-hydroxylation sites is 2. The SMILES string of the molecule is COCCCN(C)C(=O)c1ccccc1Oc1ccccc1. The average Bonchev–Trinajstić information content (AvgIpc) is 2.56. The number of amides is 1. The van der Waals surface area contributed by atoms with E-state index in [0.29, 0.717) is 30.2 Å². The molecule has 0 unspecified atom stereocenters. The number of methoxy groups -OCH3 is 1. The van der Waals surface area contributed by atoms with Crippen LogP contribution in [0.25, 0.3) is 0 Å². The van der Waals surface area contributed by atoms with E-state index in [2.05, 4.69) is 0 Å². The van der Waals surface area contributed by atoms with E-state index in [0.717, 1.165) is 6.42 Å². The highest BCUT2D eigenvalue weighted by Crippen LogP contribution is 2.25. The largest absolute Gasteiger partial charge is 0.457 e. The molecule has 0 aliphatic carbocycles. The highest BCUT2D eigenvalue weighted by Gasteiger charge is 2.16. The summed E-state index contributed by atoms with van der Waals surface area (Å²) in [6, 6.07) is 16.7. The van der Waals surface area contributed by atoms with Crippen LogP contribution in [-0.2, 0) is 4.74 Å². The third-order valence-corrected chi connectivity index (χ3v) is 3.28. The molecule has 0 fully saturated rings. The fraction of sp³-hybridized carbons (Fsp3) is 0.278. The van der Waals surface area contributed by atoms with Gasteiger partial charge in [0.25, 0.3) is 5.91 Å². The van der Waals surface area contributed by atoms with Gasteiger partial charge in [-0.3, -0.25) is 4.79 Å². The van der Waals surface area contributed by atoms with Crippen LogP contribution in [0.15, 0.2) is 54.6 Å². The Bertz CT molecular complexity index is 598. The van der Waals surface area contributed by atoms with Gasteiger partial charge in [0.05, 0.1) is 5.56 Å². The highest BCUT2D eigenvalue weighted by atomic mass is 16.5. The molecule has 0 aliphatic heterocycles. The molecular weight excluding hydrogens is 278 g/mol. The number of carbonyl (C=O) groups is 1. The Morgan fingerprint density at radius 2 is 1.73 bits per heavy atom. The van der Waals surface area contributed by atoms with Gasteiger partial charge in [-0.15, -0.1) is 0 Å². The molecule has 2 aromatic rings. The molecule has 0 spiro atoms. The van der Waals surface area contributed by atoms with E-state index < -0.39 is 0 Å². The first-order valence-electron chi connectivity index (χ1n) is 7.28. The summed E-state index contributed by atoms with van der Waals surface area (Å²) in [6.45, 7) is 1.28. The van der Waals surface area contributed by atoms with Gasteiger partial charge >= 0.3 is 0 Å². The predicted molar refractivity (Wildman–Crippen MR) is 86.4 cm³/mol. The van der Waals surface area contributed by atoms with E-state index in [4.69, 9.17) is 9.47 Å². The molecule has 0 saturated heterocycles. The van der Waals surface area contributed by atoms with Crippen molar-refractivity contribution in [2.75, 3.05) is 27.3 Å². The number of carbonyl (C=O) groups excluding carboxylic acids is 1. The van der Waals surface area contributed by atoms with Crippen molar-refractivity contribution in [1.29, 1.82) is 0 Å². The second kappa shape index (κ2) is 8.20. The monoisotopic (exact) mass is 299 g/mol. The van der Waals surface area contributed by atoms with Crippen molar-refractivity contribution in [2.45, 2.75) is 6.42 Å². The number of hydrogen-bond acceptors (Lipinski definition) is 3. The average molecular weight is 299 g/mol. The molecular formula is C18H21NO3. The molecule has 0 saturated carbocycles. The Morgan fingerprint density at radius 3 is 2.45 bits per heavy atom. The minimum atomic E-state index is -0.0531. The zero-order valence-corrected chi connectivity index (χ0v) is 13.0. The molecule has 0 aliphatic rings. The Balaban J connectivity index is 2.12. The molecule has 4 heteroatoms. The zero-order valence-electron chi connectivity index (χ0n) is 13.0. The van der Waals surface area contributed by atoms with Gasteiger partial charge in [0.15, 0.2) is 0 Å². The summed E-state index contributed by atoms with van der Waals surface area (Å²) in [7, 11) is 3.45. The predicted octanol–water partition coefficient (Wildman–Crippen LogP) is 3.59. The van der Waals surface area contributed by atoms with Crippen LogP contribution in [0.4, 0.5) is 0 Å². The molecule has 2 rings (SSSR count). The van der Waals surface area contributed by atoms with Crippen molar-refractivity contribution in [1.82, 2.24) is 4.90 Å². The molecule has 4 nitrogen and oxygen atoms in total. The second-order valence-electron chi connectivity index (χ2n) is 4.98. The lowest BCUT2D eigenvalue weighted by Gasteiger charge is -2.19. The van der Waals surface area contributed by atoms with Crippen molar-refractivity contribution < 1.29 is 14.3 Å². The molecule has 2 aromatic carbocycles. The Morgan fingerprint density at radius 1 is 1.05 bits per heavy atom. The van der Waals surface area contributed by atoms with Crippen molar-refractivity contribution in [3.05, 3.63) is 60.2 Å². The first-order chi connectivity index (χ1) is 10.7. The molecule has 0 heterocycles. The maximum atomic E-state index is 12.6. The standard InChI is InChI=1S/C18H21NO3/c1-19(13-8-14-21-2)18(20)16-11-6-7-12-17(16)22-15-9-4-3-5-10-15/h3-7,9-12H,8,13-14H2,1-2H3. The Kier molecular flexibility index (Phi) is 5.98. The summed E-state index contributed by atoms with van der Waals surface area (Å²) in [5.41, 5.74) is 0.561. The fourth-order valence-electron chi connectivity index (χ4n) is 2.10. The molecule has 22 heavy (non-hydrogen) atoms. The van der Waals surface area contributed by atoms with E-state index in [1.807, 2.05) is 48.5 Å². The molecule has 1 amide bonds. The summed E-state index contributed by atoms with van der Waals surface area (Å²) in [4.78, 5) is 14.2. The van der Waals surface area contributed by atoms with Gasteiger partial charge in [-0.05, 0) is 30.7 Å². The van der Waals surface area contributed by atoms with E-state index in [1.54, 1.807) is 25.1 Å². The van der Waals surface area contributed by atoms with E-state index in [-0.39, 0.29) is 5.91 Å². The quantitative estimate of drug-likeness (QED) is 0.733. The van der Waals surface area contributed by atoms with Crippen LogP contribution >= 0.6 is 0 Å². The van der Waals surface area contributed by atoms with Gasteiger partial charge in [-0.1, -0.05) is 30.3 Å². The molecule has 0 aromatic heterocycles. The van der Waals surface area contributed by atoms with E-state index >= 15 is 0 Å².